The number of nitrogens with zero attached hydrogens (tertiary/aromatic N) is 1. The monoisotopic (exact) mass is 261 g/mol. The SMILES string of the molecule is Cc1ccccc1C(O)CCN1CCC(C)C(C)C1. The van der Waals surface area contributed by atoms with E-state index in [1.165, 1.54) is 25.1 Å². The molecule has 0 amide bonds. The Morgan fingerprint density at radius 3 is 2.68 bits per heavy atom. The molecule has 0 saturated carbocycles. The Labute approximate surface area is 117 Å². The molecule has 2 rings (SSSR count). The predicted molar refractivity (Wildman–Crippen MR) is 80.1 cm³/mol. The summed E-state index contributed by atoms with van der Waals surface area (Å²) in [5.41, 5.74) is 2.27. The Bertz CT molecular complexity index is 404. The highest BCUT2D eigenvalue weighted by Crippen LogP contribution is 2.25. The number of aryl methyl sites for hydroxylation is 1. The molecular weight excluding hydrogens is 234 g/mol. The van der Waals surface area contributed by atoms with Crippen LogP contribution in [-0.2, 0) is 0 Å². The summed E-state index contributed by atoms with van der Waals surface area (Å²) in [6, 6.07) is 8.15. The molecule has 3 unspecified atom stereocenters. The van der Waals surface area contributed by atoms with Crippen molar-refractivity contribution in [2.45, 2.75) is 39.7 Å². The Morgan fingerprint density at radius 2 is 2.00 bits per heavy atom. The summed E-state index contributed by atoms with van der Waals surface area (Å²) in [5.74, 6) is 1.63. The molecule has 1 aromatic rings. The first-order chi connectivity index (χ1) is 9.08. The van der Waals surface area contributed by atoms with E-state index in [0.717, 1.165) is 30.4 Å². The van der Waals surface area contributed by atoms with Gasteiger partial charge in [-0.3, -0.25) is 0 Å². The first-order valence-electron chi connectivity index (χ1n) is 7.54. The summed E-state index contributed by atoms with van der Waals surface area (Å²) in [6.07, 6.45) is 1.81. The number of hydrogen-bond donors (Lipinski definition) is 1. The summed E-state index contributed by atoms with van der Waals surface area (Å²) in [7, 11) is 0. The zero-order chi connectivity index (χ0) is 13.8. The Hall–Kier alpha value is -0.860. The van der Waals surface area contributed by atoms with Crippen molar-refractivity contribution in [1.82, 2.24) is 4.90 Å². The number of aliphatic hydroxyl groups is 1. The lowest BCUT2D eigenvalue weighted by Gasteiger charge is -2.35. The molecule has 1 aliphatic heterocycles. The molecule has 1 aromatic carbocycles. The fourth-order valence-corrected chi connectivity index (χ4v) is 2.97. The minimum atomic E-state index is -0.323. The number of likely N-dealkylation sites (tertiary alicyclic amines) is 1. The van der Waals surface area contributed by atoms with E-state index in [1.54, 1.807) is 0 Å². The van der Waals surface area contributed by atoms with Crippen LogP contribution < -0.4 is 0 Å². The van der Waals surface area contributed by atoms with Crippen molar-refractivity contribution in [2.75, 3.05) is 19.6 Å². The second-order valence-corrected chi connectivity index (χ2v) is 6.20. The van der Waals surface area contributed by atoms with Crippen LogP contribution in [0.25, 0.3) is 0 Å². The van der Waals surface area contributed by atoms with E-state index in [0.29, 0.717) is 0 Å². The van der Waals surface area contributed by atoms with Crippen LogP contribution in [0, 0.1) is 18.8 Å². The summed E-state index contributed by atoms with van der Waals surface area (Å²) in [5, 5.41) is 10.3. The number of piperidine rings is 1. The van der Waals surface area contributed by atoms with Crippen molar-refractivity contribution in [3.8, 4) is 0 Å². The Kier molecular flexibility index (Phi) is 5.00. The lowest BCUT2D eigenvalue weighted by Crippen LogP contribution is -2.39. The van der Waals surface area contributed by atoms with Crippen LogP contribution in [0.15, 0.2) is 24.3 Å². The fourth-order valence-electron chi connectivity index (χ4n) is 2.97. The van der Waals surface area contributed by atoms with Crippen LogP contribution in [0.5, 0.6) is 0 Å². The second-order valence-electron chi connectivity index (χ2n) is 6.20. The Morgan fingerprint density at radius 1 is 1.26 bits per heavy atom. The first kappa shape index (κ1) is 14.5. The van der Waals surface area contributed by atoms with Gasteiger partial charge in [-0.2, -0.15) is 0 Å². The molecular formula is C17H27NO. The molecule has 1 saturated heterocycles. The maximum atomic E-state index is 10.3. The fraction of sp³-hybridized carbons (Fsp3) is 0.647. The van der Waals surface area contributed by atoms with Gasteiger partial charge >= 0.3 is 0 Å². The van der Waals surface area contributed by atoms with E-state index in [1.807, 2.05) is 18.2 Å². The molecule has 0 radical (unpaired) electrons. The smallest absolute Gasteiger partial charge is 0.0804 e. The van der Waals surface area contributed by atoms with Crippen molar-refractivity contribution >= 4 is 0 Å². The molecule has 0 aliphatic carbocycles. The predicted octanol–water partition coefficient (Wildman–Crippen LogP) is 3.40. The van der Waals surface area contributed by atoms with Crippen LogP contribution in [0.4, 0.5) is 0 Å². The molecule has 3 atom stereocenters. The van der Waals surface area contributed by atoms with Crippen molar-refractivity contribution in [1.29, 1.82) is 0 Å². The van der Waals surface area contributed by atoms with Gasteiger partial charge in [0.1, 0.15) is 0 Å². The van der Waals surface area contributed by atoms with E-state index < -0.39 is 0 Å². The lowest BCUT2D eigenvalue weighted by molar-refractivity contribution is 0.102. The normalized spacial score (nSPS) is 26.3. The third-order valence-electron chi connectivity index (χ3n) is 4.68. The third kappa shape index (κ3) is 3.80. The van der Waals surface area contributed by atoms with Crippen LogP contribution in [0.1, 0.15) is 43.9 Å². The molecule has 2 heteroatoms. The van der Waals surface area contributed by atoms with Crippen molar-refractivity contribution in [3.63, 3.8) is 0 Å². The van der Waals surface area contributed by atoms with Gasteiger partial charge in [0.2, 0.25) is 0 Å². The average molecular weight is 261 g/mol. The summed E-state index contributed by atoms with van der Waals surface area (Å²) >= 11 is 0. The van der Waals surface area contributed by atoms with E-state index in [9.17, 15) is 5.11 Å². The van der Waals surface area contributed by atoms with Gasteiger partial charge in [0.05, 0.1) is 6.10 Å². The highest BCUT2D eigenvalue weighted by molar-refractivity contribution is 5.27. The number of hydrogen-bond acceptors (Lipinski definition) is 2. The van der Waals surface area contributed by atoms with Gasteiger partial charge in [-0.25, -0.2) is 0 Å². The molecule has 1 aliphatic rings. The van der Waals surface area contributed by atoms with E-state index >= 15 is 0 Å². The highest BCUT2D eigenvalue weighted by atomic mass is 16.3. The molecule has 1 fully saturated rings. The topological polar surface area (TPSA) is 23.5 Å². The van der Waals surface area contributed by atoms with E-state index in [-0.39, 0.29) is 6.10 Å². The summed E-state index contributed by atoms with van der Waals surface area (Å²) in [6.45, 7) is 10.1. The van der Waals surface area contributed by atoms with Crippen LogP contribution in [0.3, 0.4) is 0 Å². The Balaban J connectivity index is 1.84. The van der Waals surface area contributed by atoms with Gasteiger partial charge < -0.3 is 10.0 Å². The van der Waals surface area contributed by atoms with Crippen LogP contribution >= 0.6 is 0 Å². The molecule has 0 spiro atoms. The van der Waals surface area contributed by atoms with Gasteiger partial charge in [-0.05, 0) is 49.3 Å². The zero-order valence-electron chi connectivity index (χ0n) is 12.5. The highest BCUT2D eigenvalue weighted by Gasteiger charge is 2.23. The molecule has 2 nitrogen and oxygen atoms in total. The van der Waals surface area contributed by atoms with Crippen molar-refractivity contribution in [3.05, 3.63) is 35.4 Å². The van der Waals surface area contributed by atoms with Crippen LogP contribution in [0.2, 0.25) is 0 Å². The minimum Gasteiger partial charge on any atom is -0.388 e. The standard InChI is InChI=1S/C17H27NO/c1-13-8-10-18(12-15(13)3)11-9-17(19)16-7-5-4-6-14(16)2/h4-7,13,15,17,19H,8-12H2,1-3H3. The third-order valence-corrected chi connectivity index (χ3v) is 4.68. The van der Waals surface area contributed by atoms with Crippen molar-refractivity contribution < 1.29 is 5.11 Å². The molecule has 19 heavy (non-hydrogen) atoms. The van der Waals surface area contributed by atoms with Gasteiger partial charge in [0.15, 0.2) is 0 Å². The number of rotatable bonds is 4. The molecule has 1 heterocycles. The van der Waals surface area contributed by atoms with E-state index in [4.69, 9.17) is 0 Å². The minimum absolute atomic E-state index is 0.323. The number of benzene rings is 1. The summed E-state index contributed by atoms with van der Waals surface area (Å²) < 4.78 is 0. The van der Waals surface area contributed by atoms with Crippen molar-refractivity contribution in [2.24, 2.45) is 11.8 Å². The maximum absolute atomic E-state index is 10.3. The van der Waals surface area contributed by atoms with Gasteiger partial charge in [-0.15, -0.1) is 0 Å². The van der Waals surface area contributed by atoms with Gasteiger partial charge in [0.25, 0.3) is 0 Å². The first-order valence-corrected chi connectivity index (χ1v) is 7.54. The number of aliphatic hydroxyl groups excluding tert-OH is 1. The van der Waals surface area contributed by atoms with Gasteiger partial charge in [0, 0.05) is 13.1 Å². The van der Waals surface area contributed by atoms with E-state index in [2.05, 4.69) is 31.7 Å². The maximum Gasteiger partial charge on any atom is 0.0804 e. The van der Waals surface area contributed by atoms with Crippen LogP contribution in [-0.4, -0.2) is 29.6 Å². The molecule has 0 aromatic heterocycles. The summed E-state index contributed by atoms with van der Waals surface area (Å²) in [4.78, 5) is 2.51. The molecule has 106 valence electrons. The lowest BCUT2D eigenvalue weighted by atomic mass is 9.88. The molecule has 0 bridgehead atoms. The largest absolute Gasteiger partial charge is 0.388 e. The second kappa shape index (κ2) is 6.53. The quantitative estimate of drug-likeness (QED) is 0.898. The average Bonchev–Trinajstić information content (AvgIpc) is 2.40. The van der Waals surface area contributed by atoms with Gasteiger partial charge in [-0.1, -0.05) is 38.1 Å². The molecule has 1 N–H and O–H groups in total. The zero-order valence-corrected chi connectivity index (χ0v) is 12.5.